The number of alkyl halides is 4. The summed E-state index contributed by atoms with van der Waals surface area (Å²) in [5.41, 5.74) is 1.00. The van der Waals surface area contributed by atoms with Gasteiger partial charge in [-0.3, -0.25) is 14.4 Å². The Balaban J connectivity index is 2.03. The molecule has 2 aliphatic rings. The van der Waals surface area contributed by atoms with E-state index >= 15 is 0 Å². The van der Waals surface area contributed by atoms with E-state index in [2.05, 4.69) is 0 Å². The lowest BCUT2D eigenvalue weighted by Crippen LogP contribution is -2.40. The normalized spacial score (nSPS) is 22.8. The Hall–Kier alpha value is -2.13. The number of thiophene rings is 1. The van der Waals surface area contributed by atoms with Crippen molar-refractivity contribution in [1.82, 2.24) is 4.90 Å². The molecule has 144 valence electrons. The van der Waals surface area contributed by atoms with Crippen LogP contribution in [0.1, 0.15) is 34.3 Å². The van der Waals surface area contributed by atoms with Crippen molar-refractivity contribution < 1.29 is 32.7 Å². The van der Waals surface area contributed by atoms with Gasteiger partial charge in [-0.25, -0.2) is 0 Å². The summed E-state index contributed by atoms with van der Waals surface area (Å²) >= 11 is 6.32. The van der Waals surface area contributed by atoms with E-state index in [1.807, 2.05) is 0 Å². The van der Waals surface area contributed by atoms with E-state index in [0.29, 0.717) is 28.2 Å². The molecule has 1 amide bonds. The first-order chi connectivity index (χ1) is 12.5. The average Bonchev–Trinajstić information content (AvgIpc) is 3.13. The third-order valence-corrected chi connectivity index (χ3v) is 6.01. The lowest BCUT2D eigenvalue weighted by atomic mass is 9.89. The van der Waals surface area contributed by atoms with Gasteiger partial charge in [0.2, 0.25) is 0 Å². The first kappa shape index (κ1) is 19.6. The van der Waals surface area contributed by atoms with Crippen molar-refractivity contribution in [3.63, 3.8) is 0 Å². The number of fused-ring (bicyclic) bond motifs is 1. The van der Waals surface area contributed by atoms with Crippen LogP contribution in [0, 0.1) is 0 Å². The Morgan fingerprint density at radius 2 is 2.04 bits per heavy atom. The lowest BCUT2D eigenvalue weighted by Gasteiger charge is -2.30. The second-order valence-corrected chi connectivity index (χ2v) is 7.80. The van der Waals surface area contributed by atoms with E-state index in [9.17, 15) is 27.6 Å². The van der Waals surface area contributed by atoms with Crippen LogP contribution < -0.4 is 0 Å². The van der Waals surface area contributed by atoms with E-state index in [4.69, 9.17) is 16.7 Å². The van der Waals surface area contributed by atoms with Crippen molar-refractivity contribution in [3.05, 3.63) is 44.8 Å². The zero-order valence-corrected chi connectivity index (χ0v) is 15.4. The summed E-state index contributed by atoms with van der Waals surface area (Å²) in [5.74, 6) is -2.21. The number of amides is 1. The minimum atomic E-state index is -4.56. The van der Waals surface area contributed by atoms with Crippen LogP contribution in [0.4, 0.5) is 13.2 Å². The largest absolute Gasteiger partial charge is 0.481 e. The van der Waals surface area contributed by atoms with Gasteiger partial charge in [0.15, 0.2) is 5.78 Å². The molecule has 1 aromatic heterocycles. The maximum atomic E-state index is 12.9. The van der Waals surface area contributed by atoms with Gasteiger partial charge < -0.3 is 10.0 Å². The molecule has 0 spiro atoms. The standard InChI is InChI=1S/C17H13ClF3NO4S/c1-7-8(5-15(24)25)9-4-12(23)10(18)6-11(9)22(7)16(26)13-2-3-14(27-13)17(19,20)21/h2-4,10-11H,5-6H2,1H3,(H,24,25). The maximum Gasteiger partial charge on any atom is 0.425 e. The second kappa shape index (κ2) is 6.79. The van der Waals surface area contributed by atoms with Gasteiger partial charge in [0.05, 0.1) is 22.7 Å². The predicted molar refractivity (Wildman–Crippen MR) is 91.6 cm³/mol. The topological polar surface area (TPSA) is 74.7 Å². The highest BCUT2D eigenvalue weighted by molar-refractivity contribution is 7.14. The minimum absolute atomic E-state index is 0.0654. The van der Waals surface area contributed by atoms with E-state index < -0.39 is 40.8 Å². The molecule has 0 aromatic carbocycles. The predicted octanol–water partition coefficient (Wildman–Crippen LogP) is 3.85. The molecule has 1 N–H and O–H groups in total. The fourth-order valence-corrected chi connectivity index (χ4v) is 4.34. The van der Waals surface area contributed by atoms with E-state index in [1.54, 1.807) is 0 Å². The average molecular weight is 420 g/mol. The van der Waals surface area contributed by atoms with E-state index in [1.165, 1.54) is 17.9 Å². The summed E-state index contributed by atoms with van der Waals surface area (Å²) in [5, 5.41) is 8.25. The van der Waals surface area contributed by atoms with Crippen molar-refractivity contribution in [3.8, 4) is 0 Å². The number of rotatable bonds is 3. The summed E-state index contributed by atoms with van der Waals surface area (Å²) in [4.78, 5) is 36.2. The molecule has 27 heavy (non-hydrogen) atoms. The Labute approximate surface area is 160 Å². The lowest BCUT2D eigenvalue weighted by molar-refractivity contribution is -0.136. The Morgan fingerprint density at radius 3 is 2.59 bits per heavy atom. The molecule has 2 heterocycles. The monoisotopic (exact) mass is 419 g/mol. The van der Waals surface area contributed by atoms with Crippen molar-refractivity contribution in [2.24, 2.45) is 0 Å². The smallest absolute Gasteiger partial charge is 0.425 e. The molecule has 1 aliphatic carbocycles. The molecule has 0 fully saturated rings. The Kier molecular flexibility index (Phi) is 4.94. The zero-order chi connectivity index (χ0) is 20.1. The number of carbonyl (C=O) groups excluding carboxylic acids is 2. The fraction of sp³-hybridized carbons (Fsp3) is 0.353. The van der Waals surface area contributed by atoms with Crippen molar-refractivity contribution in [2.45, 2.75) is 37.4 Å². The van der Waals surface area contributed by atoms with Crippen molar-refractivity contribution in [2.75, 3.05) is 0 Å². The molecular formula is C17H13ClF3NO4S. The Bertz CT molecular complexity index is 902. The molecular weight excluding hydrogens is 407 g/mol. The number of hydrogen-bond acceptors (Lipinski definition) is 4. The number of carbonyl (C=O) groups is 3. The molecule has 1 aliphatic heterocycles. The van der Waals surface area contributed by atoms with Crippen LogP contribution in [0.5, 0.6) is 0 Å². The van der Waals surface area contributed by atoms with Crippen LogP contribution in [0.15, 0.2) is 35.1 Å². The fourth-order valence-electron chi connectivity index (χ4n) is 3.30. The van der Waals surface area contributed by atoms with Crippen LogP contribution in [0.2, 0.25) is 0 Å². The quantitative estimate of drug-likeness (QED) is 0.755. The second-order valence-electron chi connectivity index (χ2n) is 6.19. The third-order valence-electron chi connectivity index (χ3n) is 4.50. The molecule has 0 radical (unpaired) electrons. The van der Waals surface area contributed by atoms with Crippen molar-refractivity contribution >= 4 is 40.6 Å². The van der Waals surface area contributed by atoms with Gasteiger partial charge in [-0.1, -0.05) is 0 Å². The molecule has 1 aromatic rings. The summed E-state index contributed by atoms with van der Waals surface area (Å²) in [6.45, 7) is 1.52. The molecule has 0 saturated heterocycles. The number of carboxylic acid groups (broad SMARTS) is 1. The third kappa shape index (κ3) is 3.53. The van der Waals surface area contributed by atoms with Gasteiger partial charge >= 0.3 is 12.1 Å². The van der Waals surface area contributed by atoms with Gasteiger partial charge in [0.25, 0.3) is 5.91 Å². The number of carboxylic acids is 1. The molecule has 2 unspecified atom stereocenters. The molecule has 10 heteroatoms. The van der Waals surface area contributed by atoms with Gasteiger partial charge in [-0.2, -0.15) is 13.2 Å². The van der Waals surface area contributed by atoms with E-state index in [-0.39, 0.29) is 17.1 Å². The van der Waals surface area contributed by atoms with Crippen molar-refractivity contribution in [1.29, 1.82) is 0 Å². The number of allylic oxidation sites excluding steroid dienone is 2. The molecule has 5 nitrogen and oxygen atoms in total. The zero-order valence-electron chi connectivity index (χ0n) is 13.8. The van der Waals surface area contributed by atoms with Crippen LogP contribution in [0.3, 0.4) is 0 Å². The van der Waals surface area contributed by atoms with Crippen LogP contribution in [-0.2, 0) is 15.8 Å². The Morgan fingerprint density at radius 1 is 1.37 bits per heavy atom. The number of hydrogen-bond donors (Lipinski definition) is 1. The highest BCUT2D eigenvalue weighted by Crippen LogP contribution is 2.43. The highest BCUT2D eigenvalue weighted by atomic mass is 35.5. The minimum Gasteiger partial charge on any atom is -0.481 e. The number of nitrogens with zero attached hydrogens (tertiary/aromatic N) is 1. The molecule has 0 saturated carbocycles. The summed E-state index contributed by atoms with van der Waals surface area (Å²) < 4.78 is 38.5. The maximum absolute atomic E-state index is 12.9. The first-order valence-electron chi connectivity index (χ1n) is 7.82. The van der Waals surface area contributed by atoms with Crippen LogP contribution in [-0.4, -0.2) is 39.1 Å². The summed E-state index contributed by atoms with van der Waals surface area (Å²) in [6, 6.07) is 1.24. The molecule has 0 bridgehead atoms. The number of aliphatic carboxylic acids is 1. The van der Waals surface area contributed by atoms with E-state index in [0.717, 1.165) is 12.1 Å². The summed E-state index contributed by atoms with van der Waals surface area (Å²) in [6.07, 6.45) is -3.67. The van der Waals surface area contributed by atoms with Gasteiger partial charge in [-0.15, -0.1) is 22.9 Å². The van der Waals surface area contributed by atoms with Gasteiger partial charge in [0.1, 0.15) is 4.88 Å². The van der Waals surface area contributed by atoms with Crippen LogP contribution >= 0.6 is 22.9 Å². The van der Waals surface area contributed by atoms with Gasteiger partial charge in [0, 0.05) is 5.70 Å². The number of halogens is 4. The van der Waals surface area contributed by atoms with Crippen LogP contribution in [0.25, 0.3) is 0 Å². The highest BCUT2D eigenvalue weighted by Gasteiger charge is 2.44. The SMILES string of the molecule is CC1=C(CC(=O)O)C2=CC(=O)C(Cl)CC2N1C(=O)c1ccc(C(F)(F)F)s1. The molecule has 2 atom stereocenters. The number of ketones is 1. The molecule has 3 rings (SSSR count). The summed E-state index contributed by atoms with van der Waals surface area (Å²) in [7, 11) is 0. The van der Waals surface area contributed by atoms with Gasteiger partial charge in [-0.05, 0) is 42.7 Å². The first-order valence-corrected chi connectivity index (χ1v) is 9.08.